The molecule has 1 fully saturated rings. The van der Waals surface area contributed by atoms with E-state index in [2.05, 4.69) is 5.32 Å². The summed E-state index contributed by atoms with van der Waals surface area (Å²) in [5.74, 6) is 0. The first-order valence-corrected chi connectivity index (χ1v) is 4.97. The molecule has 1 aliphatic rings. The van der Waals surface area contributed by atoms with Gasteiger partial charge in [0, 0.05) is 11.1 Å². The molecule has 0 amide bonds. The molecule has 1 nitrogen and oxygen atoms in total. The lowest BCUT2D eigenvalue weighted by Gasteiger charge is -2.31. The molecule has 90 valence electrons. The highest BCUT2D eigenvalue weighted by Gasteiger charge is 2.37. The number of benzene rings is 1. The smallest absolute Gasteiger partial charge is 0.310 e. The van der Waals surface area contributed by atoms with Gasteiger partial charge < -0.3 is 5.32 Å². The van der Waals surface area contributed by atoms with E-state index in [1.165, 1.54) is 12.1 Å². The minimum atomic E-state index is -4.34. The average molecular weight is 272 g/mol. The Labute approximate surface area is 102 Å². The van der Waals surface area contributed by atoms with Crippen LogP contribution in [-0.2, 0) is 6.18 Å². The van der Waals surface area contributed by atoms with Gasteiger partial charge in [0.2, 0.25) is 0 Å². The zero-order chi connectivity index (χ0) is 11.1. The summed E-state index contributed by atoms with van der Waals surface area (Å²) < 4.78 is 38.0. The number of halogens is 5. The largest absolute Gasteiger partial charge is 0.416 e. The van der Waals surface area contributed by atoms with Crippen LogP contribution in [0.4, 0.5) is 13.2 Å². The van der Waals surface area contributed by atoms with E-state index < -0.39 is 11.7 Å². The molecule has 1 aliphatic heterocycles. The van der Waals surface area contributed by atoms with Crippen molar-refractivity contribution in [2.24, 2.45) is 0 Å². The summed E-state index contributed by atoms with van der Waals surface area (Å²) in [6, 6.07) is 3.64. The molecule has 6 heteroatoms. The summed E-state index contributed by atoms with van der Waals surface area (Å²) in [5.41, 5.74) is -0.454. The Bertz CT molecular complexity index is 375. The van der Waals surface area contributed by atoms with Crippen LogP contribution >= 0.6 is 24.0 Å². The van der Waals surface area contributed by atoms with Crippen LogP contribution < -0.4 is 5.32 Å². The van der Waals surface area contributed by atoms with E-state index in [1.54, 1.807) is 0 Å². The molecule has 1 saturated heterocycles. The maximum atomic E-state index is 12.7. The quantitative estimate of drug-likeness (QED) is 0.819. The van der Waals surface area contributed by atoms with Crippen LogP contribution in [0.2, 0.25) is 5.02 Å². The molecule has 0 aliphatic carbocycles. The SMILES string of the molecule is Cl.FC(F)(F)c1cccc(Cl)c1[C@@H]1CCN1. The molecular weight excluding hydrogens is 262 g/mol. The van der Waals surface area contributed by atoms with Gasteiger partial charge in [-0.25, -0.2) is 0 Å². The molecule has 0 saturated carbocycles. The van der Waals surface area contributed by atoms with Crippen molar-refractivity contribution in [1.82, 2.24) is 5.32 Å². The van der Waals surface area contributed by atoms with Gasteiger partial charge in [-0.1, -0.05) is 17.7 Å². The first-order valence-electron chi connectivity index (χ1n) is 4.59. The van der Waals surface area contributed by atoms with Crippen LogP contribution in [0.5, 0.6) is 0 Å². The number of rotatable bonds is 1. The molecular formula is C10H10Cl2F3N. The monoisotopic (exact) mass is 271 g/mol. The van der Waals surface area contributed by atoms with Crippen LogP contribution in [0.1, 0.15) is 23.6 Å². The Hall–Kier alpha value is -0.450. The van der Waals surface area contributed by atoms with Crippen molar-refractivity contribution in [1.29, 1.82) is 0 Å². The van der Waals surface area contributed by atoms with Crippen molar-refractivity contribution in [3.8, 4) is 0 Å². The lowest BCUT2D eigenvalue weighted by atomic mass is 9.93. The average Bonchev–Trinajstić information content (AvgIpc) is 2.03. The molecule has 0 radical (unpaired) electrons. The van der Waals surface area contributed by atoms with Crippen LogP contribution in [0.25, 0.3) is 0 Å². The number of alkyl halides is 3. The van der Waals surface area contributed by atoms with Gasteiger partial charge >= 0.3 is 6.18 Å². The van der Waals surface area contributed by atoms with E-state index in [9.17, 15) is 13.2 Å². The van der Waals surface area contributed by atoms with Crippen molar-refractivity contribution in [3.63, 3.8) is 0 Å². The van der Waals surface area contributed by atoms with Gasteiger partial charge in [0.05, 0.1) is 5.56 Å². The normalized spacial score (nSPS) is 19.9. The van der Waals surface area contributed by atoms with Gasteiger partial charge in [0.25, 0.3) is 0 Å². The summed E-state index contributed by atoms with van der Waals surface area (Å²) in [6.45, 7) is 0.743. The summed E-state index contributed by atoms with van der Waals surface area (Å²) in [4.78, 5) is 0. The Morgan fingerprint density at radius 1 is 1.31 bits per heavy atom. The molecule has 1 aromatic rings. The summed E-state index contributed by atoms with van der Waals surface area (Å²) in [6.07, 6.45) is -3.63. The highest BCUT2D eigenvalue weighted by Crippen LogP contribution is 2.40. The van der Waals surface area contributed by atoms with Crippen LogP contribution in [0.3, 0.4) is 0 Å². The molecule has 1 aromatic carbocycles. The second-order valence-electron chi connectivity index (χ2n) is 3.49. The van der Waals surface area contributed by atoms with E-state index in [1.807, 2.05) is 0 Å². The second kappa shape index (κ2) is 4.82. The van der Waals surface area contributed by atoms with E-state index >= 15 is 0 Å². The van der Waals surface area contributed by atoms with Crippen molar-refractivity contribution in [2.45, 2.75) is 18.6 Å². The van der Waals surface area contributed by atoms with Gasteiger partial charge in [0.1, 0.15) is 0 Å². The predicted molar refractivity (Wildman–Crippen MR) is 59.1 cm³/mol. The molecule has 1 N–H and O–H groups in total. The van der Waals surface area contributed by atoms with Gasteiger partial charge in [0.15, 0.2) is 0 Å². The maximum Gasteiger partial charge on any atom is 0.416 e. The van der Waals surface area contributed by atoms with Crippen LogP contribution in [0.15, 0.2) is 18.2 Å². The van der Waals surface area contributed by atoms with Crippen molar-refractivity contribution in [3.05, 3.63) is 34.3 Å². The number of nitrogens with one attached hydrogen (secondary N) is 1. The lowest BCUT2D eigenvalue weighted by Crippen LogP contribution is -2.36. The molecule has 0 spiro atoms. The Kier molecular flexibility index (Phi) is 4.10. The molecule has 0 unspecified atom stereocenters. The molecule has 1 heterocycles. The number of hydrogen-bond acceptors (Lipinski definition) is 1. The third-order valence-electron chi connectivity index (χ3n) is 2.53. The maximum absolute atomic E-state index is 12.7. The van der Waals surface area contributed by atoms with Crippen LogP contribution in [0, 0.1) is 0 Å². The fourth-order valence-corrected chi connectivity index (χ4v) is 1.98. The van der Waals surface area contributed by atoms with Crippen LogP contribution in [-0.4, -0.2) is 6.54 Å². The zero-order valence-electron chi connectivity index (χ0n) is 8.14. The predicted octanol–water partition coefficient (Wildman–Crippen LogP) is 3.82. The third-order valence-corrected chi connectivity index (χ3v) is 2.86. The lowest BCUT2D eigenvalue weighted by molar-refractivity contribution is -0.138. The third kappa shape index (κ3) is 2.44. The molecule has 16 heavy (non-hydrogen) atoms. The van der Waals surface area contributed by atoms with Gasteiger partial charge in [-0.3, -0.25) is 0 Å². The van der Waals surface area contributed by atoms with Crippen molar-refractivity contribution >= 4 is 24.0 Å². The minimum Gasteiger partial charge on any atom is -0.310 e. The van der Waals surface area contributed by atoms with Gasteiger partial charge in [-0.05, 0) is 30.7 Å². The van der Waals surface area contributed by atoms with E-state index in [4.69, 9.17) is 11.6 Å². The van der Waals surface area contributed by atoms with E-state index in [0.29, 0.717) is 6.42 Å². The highest BCUT2D eigenvalue weighted by atomic mass is 35.5. The summed E-state index contributed by atoms with van der Waals surface area (Å²) in [5, 5.41) is 3.11. The van der Waals surface area contributed by atoms with E-state index in [-0.39, 0.29) is 29.0 Å². The molecule has 0 bridgehead atoms. The highest BCUT2D eigenvalue weighted by molar-refractivity contribution is 6.31. The topological polar surface area (TPSA) is 12.0 Å². The van der Waals surface area contributed by atoms with Crippen molar-refractivity contribution in [2.75, 3.05) is 6.54 Å². The molecule has 0 aromatic heterocycles. The number of hydrogen-bond donors (Lipinski definition) is 1. The zero-order valence-corrected chi connectivity index (χ0v) is 9.72. The first-order chi connectivity index (χ1) is 7.00. The van der Waals surface area contributed by atoms with E-state index in [0.717, 1.165) is 12.6 Å². The first kappa shape index (κ1) is 13.6. The fourth-order valence-electron chi connectivity index (χ4n) is 1.67. The standard InChI is InChI=1S/C10H9ClF3N.ClH/c11-7-3-1-2-6(10(12,13)14)9(7)8-4-5-15-8;/h1-3,8,15H,4-5H2;1H/t8-;/m0./s1. The Balaban J connectivity index is 0.00000128. The van der Waals surface area contributed by atoms with Crippen molar-refractivity contribution < 1.29 is 13.2 Å². The summed E-state index contributed by atoms with van der Waals surface area (Å²) >= 11 is 5.80. The second-order valence-corrected chi connectivity index (χ2v) is 3.90. The minimum absolute atomic E-state index is 0. The molecule has 2 rings (SSSR count). The summed E-state index contributed by atoms with van der Waals surface area (Å²) in [7, 11) is 0. The van der Waals surface area contributed by atoms with Gasteiger partial charge in [-0.15, -0.1) is 12.4 Å². The fraction of sp³-hybridized carbons (Fsp3) is 0.400. The molecule has 1 atom stereocenters. The Morgan fingerprint density at radius 2 is 1.94 bits per heavy atom. The Morgan fingerprint density at radius 3 is 2.38 bits per heavy atom. The van der Waals surface area contributed by atoms with Gasteiger partial charge in [-0.2, -0.15) is 13.2 Å².